The van der Waals surface area contributed by atoms with E-state index in [2.05, 4.69) is 158 Å². The highest BCUT2D eigenvalue weighted by Gasteiger charge is 2.19. The Morgan fingerprint density at radius 1 is 0.707 bits per heavy atom. The van der Waals surface area contributed by atoms with Gasteiger partial charge in [-0.1, -0.05) is 127 Å². The van der Waals surface area contributed by atoms with Crippen molar-refractivity contribution >= 4 is 22.2 Å². The van der Waals surface area contributed by atoms with Crippen molar-refractivity contribution in [1.82, 2.24) is 10.6 Å². The summed E-state index contributed by atoms with van der Waals surface area (Å²) in [6.07, 6.45) is 6.23. The number of fused-ring (bicyclic) bond motifs is 1. The van der Waals surface area contributed by atoms with Crippen molar-refractivity contribution in [1.29, 1.82) is 0 Å². The summed E-state index contributed by atoms with van der Waals surface area (Å²) in [4.78, 5) is 5.35. The first kappa shape index (κ1) is 26.3. The third-order valence-electron chi connectivity index (χ3n) is 7.79. The van der Waals surface area contributed by atoms with Gasteiger partial charge in [0.05, 0.1) is 6.04 Å². The molecule has 2 N–H and O–H groups in total. The molecule has 1 heterocycles. The molecule has 0 amide bonds. The summed E-state index contributed by atoms with van der Waals surface area (Å²) in [6, 6.07) is 43.2. The molecule has 3 heteroatoms. The number of nitrogens with zero attached hydrogens (tertiary/aromatic N) is 1. The van der Waals surface area contributed by atoms with Gasteiger partial charge in [-0.15, -0.1) is 0 Å². The molecule has 2 atom stereocenters. The predicted molar refractivity (Wildman–Crippen MR) is 174 cm³/mol. The van der Waals surface area contributed by atoms with Gasteiger partial charge in [-0.25, -0.2) is 0 Å². The summed E-state index contributed by atoms with van der Waals surface area (Å²) in [6.45, 7) is 5.21. The van der Waals surface area contributed by atoms with Gasteiger partial charge in [0.2, 0.25) is 0 Å². The number of allylic oxidation sites excluding steroid dienone is 2. The minimum Gasteiger partial charge on any atom is -0.387 e. The Bertz CT molecular complexity index is 1710. The molecule has 6 rings (SSSR count). The highest BCUT2D eigenvalue weighted by Crippen LogP contribution is 2.34. The van der Waals surface area contributed by atoms with Crippen LogP contribution in [0.2, 0.25) is 0 Å². The van der Waals surface area contributed by atoms with E-state index in [1.807, 2.05) is 6.20 Å². The third-order valence-corrected chi connectivity index (χ3v) is 7.79. The minimum atomic E-state index is -0.0119. The summed E-state index contributed by atoms with van der Waals surface area (Å²) < 4.78 is 0. The molecule has 0 bridgehead atoms. The molecule has 41 heavy (non-hydrogen) atoms. The fourth-order valence-electron chi connectivity index (χ4n) is 5.50. The van der Waals surface area contributed by atoms with Crippen LogP contribution < -0.4 is 10.6 Å². The van der Waals surface area contributed by atoms with Crippen LogP contribution in [0, 0.1) is 0 Å². The molecule has 0 fully saturated rings. The third kappa shape index (κ3) is 5.85. The molecule has 1 aliphatic heterocycles. The molecule has 0 saturated heterocycles. The number of benzene rings is 5. The first-order valence-corrected chi connectivity index (χ1v) is 14.3. The molecule has 3 nitrogen and oxygen atoms in total. The summed E-state index contributed by atoms with van der Waals surface area (Å²) in [5.74, 6) is 0.895. The zero-order valence-corrected chi connectivity index (χ0v) is 23.6. The van der Waals surface area contributed by atoms with E-state index >= 15 is 0 Å². The second kappa shape index (κ2) is 12.1. The van der Waals surface area contributed by atoms with E-state index in [0.717, 1.165) is 17.9 Å². The van der Waals surface area contributed by atoms with Gasteiger partial charge in [0.1, 0.15) is 5.84 Å². The number of dihydropyridines is 1. The van der Waals surface area contributed by atoms with E-state index in [1.165, 1.54) is 44.2 Å². The first-order valence-electron chi connectivity index (χ1n) is 14.3. The fraction of sp³-hybridized carbons (Fsp3) is 0.132. The molecule has 0 aliphatic carbocycles. The molecule has 2 unspecified atom stereocenters. The number of hydrogen-bond donors (Lipinski definition) is 2. The van der Waals surface area contributed by atoms with Crippen molar-refractivity contribution in [2.45, 2.75) is 25.9 Å². The van der Waals surface area contributed by atoms with Gasteiger partial charge in [0.15, 0.2) is 0 Å². The average Bonchev–Trinajstić information content (AvgIpc) is 3.05. The lowest BCUT2D eigenvalue weighted by molar-refractivity contribution is 0.703. The number of rotatable bonds is 7. The van der Waals surface area contributed by atoms with Gasteiger partial charge >= 0.3 is 0 Å². The Hall–Kier alpha value is -4.89. The van der Waals surface area contributed by atoms with Gasteiger partial charge in [0.25, 0.3) is 0 Å². The maximum atomic E-state index is 5.35. The van der Waals surface area contributed by atoms with Crippen molar-refractivity contribution in [3.8, 4) is 11.1 Å². The van der Waals surface area contributed by atoms with Crippen LogP contribution in [0.1, 0.15) is 48.2 Å². The summed E-state index contributed by atoms with van der Waals surface area (Å²) >= 11 is 0. The number of amidine groups is 1. The molecule has 0 radical (unpaired) electrons. The van der Waals surface area contributed by atoms with E-state index in [0.29, 0.717) is 0 Å². The van der Waals surface area contributed by atoms with Crippen LogP contribution in [0.15, 0.2) is 145 Å². The molecule has 5 aromatic rings. The van der Waals surface area contributed by atoms with Gasteiger partial charge in [-0.2, -0.15) is 0 Å². The highest BCUT2D eigenvalue weighted by atomic mass is 15.0. The molecule has 1 aliphatic rings. The van der Waals surface area contributed by atoms with Gasteiger partial charge in [-0.05, 0) is 64.7 Å². The Balaban J connectivity index is 1.49. The molecular weight excluding hydrogens is 498 g/mol. The van der Waals surface area contributed by atoms with E-state index in [-0.39, 0.29) is 12.1 Å². The molecule has 0 aromatic heterocycles. The Labute approximate surface area is 243 Å². The monoisotopic (exact) mass is 533 g/mol. The van der Waals surface area contributed by atoms with E-state index < -0.39 is 0 Å². The normalized spacial score (nSPS) is 14.7. The second-order valence-electron chi connectivity index (χ2n) is 10.6. The van der Waals surface area contributed by atoms with E-state index in [4.69, 9.17) is 4.99 Å². The van der Waals surface area contributed by atoms with E-state index in [9.17, 15) is 0 Å². The smallest absolute Gasteiger partial charge is 0.129 e. The standard InChI is InChI=1S/C38H35N3/c1-27(29-12-5-3-6-13-29)40-38(41-28(2)30-14-7-4-8-15-30)36-24-23-32-16-9-10-18-35(32)37(36)33-21-19-31(20-22-33)34-17-11-25-39-26-34/h3-25,27-28,39H,26H2,1-2H3,(H,40,41). The lowest BCUT2D eigenvalue weighted by atomic mass is 9.91. The number of aliphatic imine (C=N–C) groups is 1. The quantitative estimate of drug-likeness (QED) is 0.162. The van der Waals surface area contributed by atoms with Crippen LogP contribution >= 0.6 is 0 Å². The Morgan fingerprint density at radius 3 is 2.07 bits per heavy atom. The van der Waals surface area contributed by atoms with E-state index in [1.54, 1.807) is 0 Å². The molecule has 0 saturated carbocycles. The topological polar surface area (TPSA) is 36.4 Å². The average molecular weight is 534 g/mol. The van der Waals surface area contributed by atoms with Crippen molar-refractivity contribution in [2.24, 2.45) is 4.99 Å². The van der Waals surface area contributed by atoms with Crippen LogP contribution in [0.5, 0.6) is 0 Å². The van der Waals surface area contributed by atoms with Crippen molar-refractivity contribution < 1.29 is 0 Å². The molecular formula is C38H35N3. The van der Waals surface area contributed by atoms with Crippen LogP contribution in [0.25, 0.3) is 27.5 Å². The zero-order valence-electron chi connectivity index (χ0n) is 23.6. The Morgan fingerprint density at radius 2 is 1.37 bits per heavy atom. The zero-order chi connectivity index (χ0) is 28.0. The molecule has 5 aromatic carbocycles. The van der Waals surface area contributed by atoms with Crippen LogP contribution in [0.4, 0.5) is 0 Å². The maximum Gasteiger partial charge on any atom is 0.129 e. The summed E-state index contributed by atoms with van der Waals surface area (Å²) in [5, 5.41) is 9.56. The molecule has 0 spiro atoms. The lowest BCUT2D eigenvalue weighted by Crippen LogP contribution is -2.29. The number of nitrogens with one attached hydrogen (secondary N) is 2. The largest absolute Gasteiger partial charge is 0.387 e. The summed E-state index contributed by atoms with van der Waals surface area (Å²) in [7, 11) is 0. The van der Waals surface area contributed by atoms with Gasteiger partial charge in [0, 0.05) is 23.7 Å². The maximum absolute atomic E-state index is 5.35. The minimum absolute atomic E-state index is 0.0119. The molecule has 202 valence electrons. The van der Waals surface area contributed by atoms with Gasteiger partial charge < -0.3 is 10.6 Å². The lowest BCUT2D eigenvalue weighted by Gasteiger charge is -2.23. The van der Waals surface area contributed by atoms with Crippen LogP contribution in [-0.4, -0.2) is 12.4 Å². The second-order valence-corrected chi connectivity index (χ2v) is 10.6. The fourth-order valence-corrected chi connectivity index (χ4v) is 5.50. The number of hydrogen-bond acceptors (Lipinski definition) is 2. The van der Waals surface area contributed by atoms with Crippen molar-refractivity contribution in [3.05, 3.63) is 162 Å². The van der Waals surface area contributed by atoms with Crippen molar-refractivity contribution in [3.63, 3.8) is 0 Å². The highest BCUT2D eigenvalue weighted by molar-refractivity contribution is 6.12. The van der Waals surface area contributed by atoms with Crippen LogP contribution in [-0.2, 0) is 0 Å². The van der Waals surface area contributed by atoms with Crippen LogP contribution in [0.3, 0.4) is 0 Å². The summed E-state index contributed by atoms with van der Waals surface area (Å²) in [5.41, 5.74) is 8.40. The van der Waals surface area contributed by atoms with Gasteiger partial charge in [-0.3, -0.25) is 4.99 Å². The van der Waals surface area contributed by atoms with Crippen molar-refractivity contribution in [2.75, 3.05) is 6.54 Å². The first-order chi connectivity index (χ1) is 20.2. The predicted octanol–water partition coefficient (Wildman–Crippen LogP) is 8.87. The SMILES string of the molecule is CC(N=C(NC(C)c1ccccc1)c1ccc2ccccc2c1-c1ccc(C2=CC=CNC2)cc1)c1ccccc1. The Kier molecular flexibility index (Phi) is 7.77.